The molecule has 0 N–H and O–H groups in total. The molecule has 0 atom stereocenters. The zero-order valence-electron chi connectivity index (χ0n) is 17.2. The molecule has 164 valence electrons. The smallest absolute Gasteiger partial charge is 0.273 e. The van der Waals surface area contributed by atoms with Crippen molar-refractivity contribution in [1.82, 2.24) is 15.1 Å². The minimum Gasteiger partial charge on any atom is -0.352 e. The Morgan fingerprint density at radius 3 is 2.41 bits per heavy atom. The van der Waals surface area contributed by atoms with Gasteiger partial charge in [-0.25, -0.2) is 0 Å². The Hall–Kier alpha value is -3.23. The fourth-order valence-corrected chi connectivity index (χ4v) is 4.20. The molecule has 1 amide bonds. The van der Waals surface area contributed by atoms with Crippen molar-refractivity contribution in [2.45, 2.75) is 6.92 Å². The molecule has 1 aromatic heterocycles. The number of nitro benzene ring substituents is 1. The Balaban J connectivity index is 1.43. The average molecular weight is 472 g/mol. The van der Waals surface area contributed by atoms with Gasteiger partial charge in [0.25, 0.3) is 11.6 Å². The average Bonchev–Trinajstić information content (AvgIpc) is 2.79. The maximum atomic E-state index is 12.9. The maximum Gasteiger partial charge on any atom is 0.273 e. The van der Waals surface area contributed by atoms with Crippen LogP contribution in [0, 0.1) is 17.0 Å². The SMILES string of the molecule is Cc1c(C(=O)N2CCN(c3ccc(-c4ccc(Cl)cc4Cl)nn3)CC2)cccc1[N+](=O)[O-]. The highest BCUT2D eigenvalue weighted by Crippen LogP contribution is 2.29. The Morgan fingerprint density at radius 1 is 1.03 bits per heavy atom. The monoisotopic (exact) mass is 471 g/mol. The van der Waals surface area contributed by atoms with E-state index in [1.54, 1.807) is 42.2 Å². The van der Waals surface area contributed by atoms with Gasteiger partial charge in [0.2, 0.25) is 0 Å². The minimum absolute atomic E-state index is 0.0503. The van der Waals surface area contributed by atoms with Crippen LogP contribution in [0.4, 0.5) is 11.5 Å². The number of hydrogen-bond donors (Lipinski definition) is 0. The number of carbonyl (C=O) groups is 1. The predicted octanol–water partition coefficient (Wildman–Crippen LogP) is 4.63. The number of halogens is 2. The second-order valence-corrected chi connectivity index (χ2v) is 8.23. The number of benzene rings is 2. The number of aromatic nitrogens is 2. The quantitative estimate of drug-likeness (QED) is 0.406. The van der Waals surface area contributed by atoms with E-state index in [0.717, 1.165) is 5.56 Å². The Labute approximate surface area is 194 Å². The van der Waals surface area contributed by atoms with Crippen LogP contribution in [0.15, 0.2) is 48.5 Å². The van der Waals surface area contributed by atoms with E-state index in [-0.39, 0.29) is 11.6 Å². The van der Waals surface area contributed by atoms with Crippen LogP contribution in [-0.4, -0.2) is 52.1 Å². The van der Waals surface area contributed by atoms with E-state index in [9.17, 15) is 14.9 Å². The number of hydrogen-bond acceptors (Lipinski definition) is 6. The molecule has 1 aliphatic heterocycles. The van der Waals surface area contributed by atoms with E-state index < -0.39 is 4.92 Å². The molecule has 8 nitrogen and oxygen atoms in total. The first kappa shape index (κ1) is 22.0. The lowest BCUT2D eigenvalue weighted by molar-refractivity contribution is -0.385. The third-order valence-corrected chi connectivity index (χ3v) is 6.03. The van der Waals surface area contributed by atoms with Crippen LogP contribution in [0.5, 0.6) is 0 Å². The normalized spacial score (nSPS) is 13.8. The lowest BCUT2D eigenvalue weighted by atomic mass is 10.1. The molecule has 0 bridgehead atoms. The summed E-state index contributed by atoms with van der Waals surface area (Å²) >= 11 is 12.2. The minimum atomic E-state index is -0.469. The first-order chi connectivity index (χ1) is 15.3. The van der Waals surface area contributed by atoms with Crippen LogP contribution in [0.3, 0.4) is 0 Å². The summed E-state index contributed by atoms with van der Waals surface area (Å²) in [7, 11) is 0. The van der Waals surface area contributed by atoms with Gasteiger partial charge in [0.1, 0.15) is 0 Å². The molecular weight excluding hydrogens is 453 g/mol. The number of piperazine rings is 1. The van der Waals surface area contributed by atoms with Crippen molar-refractivity contribution in [2.75, 3.05) is 31.1 Å². The second kappa shape index (κ2) is 9.10. The number of anilines is 1. The van der Waals surface area contributed by atoms with E-state index >= 15 is 0 Å². The molecule has 1 aliphatic rings. The number of amides is 1. The zero-order valence-corrected chi connectivity index (χ0v) is 18.7. The summed E-state index contributed by atoms with van der Waals surface area (Å²) in [6.45, 7) is 3.72. The summed E-state index contributed by atoms with van der Waals surface area (Å²) in [4.78, 5) is 27.4. The molecule has 1 fully saturated rings. The maximum absolute atomic E-state index is 12.9. The predicted molar refractivity (Wildman–Crippen MR) is 123 cm³/mol. The molecule has 0 radical (unpaired) electrons. The first-order valence-electron chi connectivity index (χ1n) is 9.92. The van der Waals surface area contributed by atoms with Crippen molar-refractivity contribution < 1.29 is 9.72 Å². The molecule has 1 saturated heterocycles. The Kier molecular flexibility index (Phi) is 6.25. The zero-order chi connectivity index (χ0) is 22.8. The number of nitro groups is 1. The second-order valence-electron chi connectivity index (χ2n) is 7.39. The van der Waals surface area contributed by atoms with E-state index in [0.29, 0.717) is 58.9 Å². The van der Waals surface area contributed by atoms with Gasteiger partial charge < -0.3 is 9.80 Å². The van der Waals surface area contributed by atoms with Crippen LogP contribution in [0.1, 0.15) is 15.9 Å². The number of carbonyl (C=O) groups excluding carboxylic acids is 1. The Bertz CT molecular complexity index is 1180. The van der Waals surface area contributed by atoms with Crippen molar-refractivity contribution in [3.63, 3.8) is 0 Å². The van der Waals surface area contributed by atoms with Gasteiger partial charge >= 0.3 is 0 Å². The Morgan fingerprint density at radius 2 is 1.78 bits per heavy atom. The fourth-order valence-electron chi connectivity index (χ4n) is 3.70. The van der Waals surface area contributed by atoms with Gasteiger partial charge in [-0.2, -0.15) is 0 Å². The molecular formula is C22H19Cl2N5O3. The van der Waals surface area contributed by atoms with Gasteiger partial charge in [0.05, 0.1) is 15.6 Å². The van der Waals surface area contributed by atoms with E-state index in [4.69, 9.17) is 23.2 Å². The highest BCUT2D eigenvalue weighted by molar-refractivity contribution is 6.36. The van der Waals surface area contributed by atoms with E-state index in [2.05, 4.69) is 10.2 Å². The van der Waals surface area contributed by atoms with Crippen LogP contribution >= 0.6 is 23.2 Å². The molecule has 0 unspecified atom stereocenters. The van der Waals surface area contributed by atoms with E-state index in [1.165, 1.54) is 6.07 Å². The molecule has 0 aliphatic carbocycles. The largest absolute Gasteiger partial charge is 0.352 e. The number of rotatable bonds is 4. The highest BCUT2D eigenvalue weighted by Gasteiger charge is 2.26. The molecule has 10 heteroatoms. The summed E-state index contributed by atoms with van der Waals surface area (Å²) in [5, 5.41) is 20.8. The molecule has 0 spiro atoms. The van der Waals surface area contributed by atoms with Crippen molar-refractivity contribution in [1.29, 1.82) is 0 Å². The molecule has 2 aromatic carbocycles. The molecule has 32 heavy (non-hydrogen) atoms. The van der Waals surface area contributed by atoms with E-state index in [1.807, 2.05) is 17.0 Å². The summed E-state index contributed by atoms with van der Waals surface area (Å²) in [5.74, 6) is 0.502. The van der Waals surface area contributed by atoms with Gasteiger partial charge in [-0.1, -0.05) is 29.3 Å². The van der Waals surface area contributed by atoms with Crippen LogP contribution in [0.2, 0.25) is 10.0 Å². The van der Waals surface area contributed by atoms with Gasteiger partial charge in [-0.3, -0.25) is 14.9 Å². The summed E-state index contributed by atoms with van der Waals surface area (Å²) in [6, 6.07) is 13.5. The van der Waals surface area contributed by atoms with Crippen molar-refractivity contribution in [2.24, 2.45) is 0 Å². The molecule has 3 aromatic rings. The molecule has 0 saturated carbocycles. The summed E-state index contributed by atoms with van der Waals surface area (Å²) in [6.07, 6.45) is 0. The third-order valence-electron chi connectivity index (χ3n) is 5.48. The van der Waals surface area contributed by atoms with Crippen LogP contribution in [-0.2, 0) is 0 Å². The van der Waals surface area contributed by atoms with Crippen molar-refractivity contribution >= 4 is 40.6 Å². The topological polar surface area (TPSA) is 92.5 Å². The third kappa shape index (κ3) is 4.37. The standard InChI is InChI=1S/C22H19Cl2N5O3/c1-14-16(3-2-4-20(14)29(31)32)22(30)28-11-9-27(10-12-28)21-8-7-19(25-26-21)17-6-5-15(23)13-18(17)24/h2-8,13H,9-12H2,1H3. The van der Waals surface area contributed by atoms with Gasteiger partial charge in [0.15, 0.2) is 5.82 Å². The molecule has 4 rings (SSSR count). The fraction of sp³-hybridized carbons (Fsp3) is 0.227. The molecule has 2 heterocycles. The summed E-state index contributed by atoms with van der Waals surface area (Å²) < 4.78 is 0. The van der Waals surface area contributed by atoms with Crippen molar-refractivity contribution in [3.05, 3.63) is 79.8 Å². The highest BCUT2D eigenvalue weighted by atomic mass is 35.5. The van der Waals surface area contributed by atoms with Crippen molar-refractivity contribution in [3.8, 4) is 11.3 Å². The number of nitrogens with zero attached hydrogens (tertiary/aromatic N) is 5. The lowest BCUT2D eigenvalue weighted by Crippen LogP contribution is -2.49. The van der Waals surface area contributed by atoms with Crippen LogP contribution in [0.25, 0.3) is 11.3 Å². The first-order valence-corrected chi connectivity index (χ1v) is 10.7. The van der Waals surface area contributed by atoms with Gasteiger partial charge in [-0.15, -0.1) is 10.2 Å². The lowest BCUT2D eigenvalue weighted by Gasteiger charge is -2.35. The summed E-state index contributed by atoms with van der Waals surface area (Å²) in [5.41, 5.74) is 2.08. The van der Waals surface area contributed by atoms with Crippen LogP contribution < -0.4 is 4.90 Å². The van der Waals surface area contributed by atoms with Gasteiger partial charge in [-0.05, 0) is 43.3 Å². The van der Waals surface area contributed by atoms with Gasteiger partial charge in [0, 0.05) is 54.0 Å².